The van der Waals surface area contributed by atoms with E-state index in [1.165, 1.54) is 11.7 Å². The van der Waals surface area contributed by atoms with Crippen molar-refractivity contribution in [1.29, 1.82) is 0 Å². The number of H-pyrrole nitrogens is 1. The molecule has 10 nitrogen and oxygen atoms in total. The Morgan fingerprint density at radius 3 is 1.22 bits per heavy atom. The molecule has 9 rings (SSSR count). The minimum absolute atomic E-state index is 0. The molecule has 2 aromatic heterocycles. The summed E-state index contributed by atoms with van der Waals surface area (Å²) in [5.41, 5.74) is 13.4. The SMILES string of the molecule is C.O=N[O-].[Na+].c1ccc(N(c2ccccc2)c2ccc(-c3c4n[nH]nc4c(-c4ccc(N(c5ccccc5)c5ccccc5)cc4)c4[n-][s+]nc34)cc2)cc1. The molecule has 55 heavy (non-hydrogen) atoms. The zero-order valence-electron chi connectivity index (χ0n) is 29.0. The summed E-state index contributed by atoms with van der Waals surface area (Å²) in [5.74, 6) is 0. The van der Waals surface area contributed by atoms with Crippen molar-refractivity contribution < 1.29 is 29.6 Å². The molecular formula is C43H33N8NaO2S. The number of aromatic amines is 1. The number of hydrogen-bond acceptors (Lipinski definition) is 8. The number of benzene rings is 7. The van der Waals surface area contributed by atoms with E-state index < -0.39 is 0 Å². The molecule has 0 saturated carbocycles. The molecule has 2 heterocycles. The van der Waals surface area contributed by atoms with Gasteiger partial charge in [0.2, 0.25) is 0 Å². The molecule has 0 spiro atoms. The maximum Gasteiger partial charge on any atom is 1.00 e. The number of para-hydroxylation sites is 4. The first-order valence-electron chi connectivity index (χ1n) is 16.7. The van der Waals surface area contributed by atoms with Crippen LogP contribution in [0.4, 0.5) is 34.1 Å². The summed E-state index contributed by atoms with van der Waals surface area (Å²) >= 11 is 1.21. The van der Waals surface area contributed by atoms with Gasteiger partial charge in [-0.15, -0.1) is 5.34 Å². The number of aromatic nitrogens is 5. The van der Waals surface area contributed by atoms with Gasteiger partial charge in [-0.25, -0.2) is 0 Å². The Labute approximate surface area is 344 Å². The second kappa shape index (κ2) is 17.7. The predicted molar refractivity (Wildman–Crippen MR) is 221 cm³/mol. The average Bonchev–Trinajstić information content (AvgIpc) is 3.91. The maximum absolute atomic E-state index is 8.00. The second-order valence-electron chi connectivity index (χ2n) is 11.9. The zero-order valence-corrected chi connectivity index (χ0v) is 31.8. The average molecular weight is 749 g/mol. The van der Waals surface area contributed by atoms with Crippen LogP contribution in [0.2, 0.25) is 0 Å². The van der Waals surface area contributed by atoms with Gasteiger partial charge in [0.25, 0.3) is 11.7 Å². The van der Waals surface area contributed by atoms with Gasteiger partial charge in [-0.05, 0) is 83.9 Å². The molecule has 0 bridgehead atoms. The predicted octanol–water partition coefficient (Wildman–Crippen LogP) is 8.97. The molecule has 0 aliphatic carbocycles. The maximum atomic E-state index is 8.00. The van der Waals surface area contributed by atoms with Crippen molar-refractivity contribution in [2.24, 2.45) is 5.34 Å². The van der Waals surface area contributed by atoms with Crippen molar-refractivity contribution in [2.45, 2.75) is 7.43 Å². The fourth-order valence-electron chi connectivity index (χ4n) is 6.62. The van der Waals surface area contributed by atoms with E-state index in [1.54, 1.807) is 0 Å². The van der Waals surface area contributed by atoms with Gasteiger partial charge in [0, 0.05) is 56.3 Å². The molecule has 7 aromatic carbocycles. The van der Waals surface area contributed by atoms with E-state index in [0.717, 1.165) is 83.8 Å². The summed E-state index contributed by atoms with van der Waals surface area (Å²) in [6.07, 6.45) is 0. The third-order valence-electron chi connectivity index (χ3n) is 8.87. The smallest absolute Gasteiger partial charge is 0.444 e. The van der Waals surface area contributed by atoms with Gasteiger partial charge < -0.3 is 19.9 Å². The van der Waals surface area contributed by atoms with Crippen LogP contribution in [0.15, 0.2) is 175 Å². The first-order valence-corrected chi connectivity index (χ1v) is 17.4. The van der Waals surface area contributed by atoms with E-state index in [1.807, 2.05) is 24.3 Å². The molecule has 0 amide bonds. The van der Waals surface area contributed by atoms with Crippen LogP contribution in [0.25, 0.3) is 44.3 Å². The first-order chi connectivity index (χ1) is 26.2. The van der Waals surface area contributed by atoms with Crippen molar-refractivity contribution in [1.82, 2.24) is 24.2 Å². The van der Waals surface area contributed by atoms with Gasteiger partial charge in [-0.1, -0.05) is 104 Å². The van der Waals surface area contributed by atoms with E-state index in [0.29, 0.717) is 0 Å². The molecule has 0 aliphatic heterocycles. The van der Waals surface area contributed by atoms with E-state index in [-0.39, 0.29) is 37.0 Å². The third-order valence-corrected chi connectivity index (χ3v) is 9.40. The molecule has 0 aliphatic rings. The topological polar surface area (TPSA) is 128 Å². The number of rotatable bonds is 8. The van der Waals surface area contributed by atoms with Gasteiger partial charge in [-0.2, -0.15) is 24.2 Å². The molecule has 0 unspecified atom stereocenters. The normalized spacial score (nSPS) is 10.4. The Morgan fingerprint density at radius 1 is 0.509 bits per heavy atom. The summed E-state index contributed by atoms with van der Waals surface area (Å²) in [5, 5.41) is 21.2. The van der Waals surface area contributed by atoms with E-state index in [9.17, 15) is 0 Å². The zero-order chi connectivity index (χ0) is 36.0. The van der Waals surface area contributed by atoms with Gasteiger partial charge in [-0.3, -0.25) is 0 Å². The molecule has 0 radical (unpaired) electrons. The van der Waals surface area contributed by atoms with Crippen LogP contribution >= 0.6 is 11.7 Å². The number of fused-ring (bicyclic) bond motifs is 2. The van der Waals surface area contributed by atoms with Crippen LogP contribution in [0.1, 0.15) is 7.43 Å². The number of nitrogens with zero attached hydrogens (tertiary/aromatic N) is 7. The van der Waals surface area contributed by atoms with Crippen molar-refractivity contribution in [3.8, 4) is 22.3 Å². The Hall–Kier alpha value is -6.24. The monoisotopic (exact) mass is 748 g/mol. The van der Waals surface area contributed by atoms with Crippen LogP contribution < -0.4 is 43.7 Å². The van der Waals surface area contributed by atoms with Crippen LogP contribution in [0.3, 0.4) is 0 Å². The van der Waals surface area contributed by atoms with E-state index >= 15 is 0 Å². The van der Waals surface area contributed by atoms with Crippen molar-refractivity contribution in [2.75, 3.05) is 9.80 Å². The molecule has 12 heteroatoms. The van der Waals surface area contributed by atoms with Crippen LogP contribution in [-0.4, -0.2) is 19.8 Å². The standard InChI is InChI=1S/C42H29N7S.CH4.HNO2.Na/c1-5-13-31(14-6-1)48(32-15-7-2-8-16-32)35-25-21-29(22-26-35)37-39-40(44-47-43-39)38(42-41(37)45-50-46-42)30-23-27-36(28-24-30)49(33-17-9-3-10-18-33)34-19-11-4-12-20-34;;2-1-3;/h1-28H,(H,43,44,47);1H4;(H,2,3);/q;;;+1/p-1. The summed E-state index contributed by atoms with van der Waals surface area (Å²) in [4.78, 5) is 12.5. The number of hydrogen-bond donors (Lipinski definition) is 1. The number of nitrogens with one attached hydrogen (secondary N) is 1. The second-order valence-corrected chi connectivity index (χ2v) is 12.4. The molecule has 9 aromatic rings. The van der Waals surface area contributed by atoms with Gasteiger partial charge in [0.1, 0.15) is 11.0 Å². The van der Waals surface area contributed by atoms with Gasteiger partial charge in [0.15, 0.2) is 0 Å². The molecule has 0 saturated heterocycles. The minimum atomic E-state index is 0. The fraction of sp³-hybridized carbons (Fsp3) is 0.0233. The van der Waals surface area contributed by atoms with Gasteiger partial charge >= 0.3 is 29.6 Å². The summed E-state index contributed by atoms with van der Waals surface area (Å²) < 4.78 is 9.64. The van der Waals surface area contributed by atoms with Gasteiger partial charge in [0.05, 0.1) is 0 Å². The Bertz CT molecular complexity index is 2280. The quantitative estimate of drug-likeness (QED) is 0.0706. The minimum Gasteiger partial charge on any atom is -0.444 e. The van der Waals surface area contributed by atoms with Crippen LogP contribution in [0.5, 0.6) is 0 Å². The Kier molecular flexibility index (Phi) is 12.4. The summed E-state index contributed by atoms with van der Waals surface area (Å²) in [7, 11) is 0. The van der Waals surface area contributed by atoms with E-state index in [4.69, 9.17) is 18.9 Å². The van der Waals surface area contributed by atoms with Crippen molar-refractivity contribution in [3.05, 3.63) is 180 Å². The summed E-state index contributed by atoms with van der Waals surface area (Å²) in [6, 6.07) is 58.7. The molecular weight excluding hydrogens is 716 g/mol. The summed E-state index contributed by atoms with van der Waals surface area (Å²) in [6.45, 7) is 0. The fourth-order valence-corrected chi connectivity index (χ4v) is 7.18. The largest absolute Gasteiger partial charge is 1.00 e. The molecule has 0 fully saturated rings. The first kappa shape index (κ1) is 38.5. The number of anilines is 6. The molecule has 0 atom stereocenters. The van der Waals surface area contributed by atoms with Crippen molar-refractivity contribution in [3.63, 3.8) is 0 Å². The van der Waals surface area contributed by atoms with Crippen molar-refractivity contribution >= 4 is 67.9 Å². The molecule has 1 N–H and O–H groups in total. The Balaban J connectivity index is 0.000000998. The Morgan fingerprint density at radius 2 is 0.836 bits per heavy atom. The third kappa shape index (κ3) is 7.73. The van der Waals surface area contributed by atoms with E-state index in [2.05, 4.69) is 171 Å². The van der Waals surface area contributed by atoms with Crippen LogP contribution in [0, 0.1) is 10.1 Å². The van der Waals surface area contributed by atoms with Crippen LogP contribution in [-0.2, 0) is 0 Å². The molecule has 264 valence electrons.